The minimum atomic E-state index is -0.679. The van der Waals surface area contributed by atoms with E-state index < -0.39 is 29.6 Å². The molecular weight excluding hydrogens is 544 g/mol. The Kier molecular flexibility index (Phi) is 6.64. The SMILES string of the molecule is COc1cc(O)ccc1[C@H]1C2=CC[C@@H]3C(=O)N(Cc4ccccc4)C(=O)[C@@H]3[C@@H]2C[C@H]2C(=O)N(Cc3ccccc3)C(=O)[C@@H]12. The highest BCUT2D eigenvalue weighted by Crippen LogP contribution is 2.59. The lowest BCUT2D eigenvalue weighted by atomic mass is 9.57. The largest absolute Gasteiger partial charge is 0.508 e. The second kappa shape index (κ2) is 10.5. The van der Waals surface area contributed by atoms with Crippen molar-refractivity contribution in [2.24, 2.45) is 29.6 Å². The number of carbonyl (C=O) groups is 4. The summed E-state index contributed by atoms with van der Waals surface area (Å²) in [4.78, 5) is 58.5. The Morgan fingerprint density at radius 1 is 0.721 bits per heavy atom. The van der Waals surface area contributed by atoms with Gasteiger partial charge in [-0.05, 0) is 36.0 Å². The molecule has 0 radical (unpaired) electrons. The van der Waals surface area contributed by atoms with Crippen molar-refractivity contribution in [1.82, 2.24) is 9.80 Å². The molecule has 7 rings (SSSR count). The van der Waals surface area contributed by atoms with Gasteiger partial charge in [0.15, 0.2) is 0 Å². The van der Waals surface area contributed by atoms with Gasteiger partial charge in [0.2, 0.25) is 23.6 Å². The summed E-state index contributed by atoms with van der Waals surface area (Å²) in [6.07, 6.45) is 2.73. The third-order valence-corrected chi connectivity index (χ3v) is 9.75. The van der Waals surface area contributed by atoms with E-state index in [0.29, 0.717) is 24.2 Å². The third kappa shape index (κ3) is 4.35. The fourth-order valence-corrected chi connectivity index (χ4v) is 7.87. The molecular formula is C35H32N2O6. The molecule has 3 aromatic carbocycles. The first-order valence-electron chi connectivity index (χ1n) is 14.7. The van der Waals surface area contributed by atoms with E-state index in [1.165, 1.54) is 23.0 Å². The van der Waals surface area contributed by atoms with Crippen LogP contribution in [-0.4, -0.2) is 45.6 Å². The third-order valence-electron chi connectivity index (χ3n) is 9.75. The van der Waals surface area contributed by atoms with Gasteiger partial charge in [0, 0.05) is 17.5 Å². The van der Waals surface area contributed by atoms with E-state index >= 15 is 0 Å². The van der Waals surface area contributed by atoms with Gasteiger partial charge in [-0.1, -0.05) is 78.4 Å². The normalized spacial score (nSPS) is 28.0. The van der Waals surface area contributed by atoms with Crippen LogP contribution in [0.2, 0.25) is 0 Å². The van der Waals surface area contributed by atoms with E-state index in [4.69, 9.17) is 4.74 Å². The fraction of sp³-hybridized carbons (Fsp3) is 0.314. The number of hydrogen-bond donors (Lipinski definition) is 1. The first-order valence-corrected chi connectivity index (χ1v) is 14.7. The Balaban J connectivity index is 1.30. The van der Waals surface area contributed by atoms with Crippen LogP contribution in [0.1, 0.15) is 35.4 Å². The molecule has 2 saturated heterocycles. The van der Waals surface area contributed by atoms with E-state index in [-0.39, 0.29) is 48.4 Å². The topological polar surface area (TPSA) is 104 Å². The molecule has 4 amide bonds. The van der Waals surface area contributed by atoms with Crippen LogP contribution in [0, 0.1) is 29.6 Å². The van der Waals surface area contributed by atoms with Crippen molar-refractivity contribution in [3.05, 3.63) is 107 Å². The summed E-state index contributed by atoms with van der Waals surface area (Å²) in [5.41, 5.74) is 3.31. The molecule has 218 valence electrons. The molecule has 1 N–H and O–H groups in total. The molecule has 3 fully saturated rings. The summed E-state index contributed by atoms with van der Waals surface area (Å²) in [7, 11) is 1.51. The lowest BCUT2D eigenvalue weighted by molar-refractivity contribution is -0.142. The lowest BCUT2D eigenvalue weighted by Gasteiger charge is -2.44. The van der Waals surface area contributed by atoms with Gasteiger partial charge in [-0.3, -0.25) is 29.0 Å². The summed E-state index contributed by atoms with van der Waals surface area (Å²) in [6, 6.07) is 23.7. The quantitative estimate of drug-likeness (QED) is 0.344. The van der Waals surface area contributed by atoms with E-state index in [9.17, 15) is 24.3 Å². The van der Waals surface area contributed by atoms with E-state index in [1.54, 1.807) is 12.1 Å². The number of allylic oxidation sites excluding steroid dienone is 2. The number of benzene rings is 3. The van der Waals surface area contributed by atoms with Crippen molar-refractivity contribution < 1.29 is 29.0 Å². The summed E-state index contributed by atoms with van der Waals surface area (Å²) in [5.74, 6) is -3.82. The van der Waals surface area contributed by atoms with Crippen LogP contribution in [0.3, 0.4) is 0 Å². The number of imide groups is 2. The number of phenolic OH excluding ortho intramolecular Hbond substituents is 1. The summed E-state index contributed by atoms with van der Waals surface area (Å²) in [6.45, 7) is 0.375. The molecule has 0 unspecified atom stereocenters. The van der Waals surface area contributed by atoms with Gasteiger partial charge in [-0.15, -0.1) is 0 Å². The van der Waals surface area contributed by atoms with Crippen molar-refractivity contribution in [3.8, 4) is 11.5 Å². The van der Waals surface area contributed by atoms with E-state index in [2.05, 4.69) is 0 Å². The molecule has 2 aliphatic heterocycles. The average Bonchev–Trinajstić information content (AvgIpc) is 3.41. The van der Waals surface area contributed by atoms with Gasteiger partial charge in [-0.25, -0.2) is 0 Å². The van der Waals surface area contributed by atoms with Crippen LogP contribution in [0.25, 0.3) is 0 Å². The highest BCUT2D eigenvalue weighted by Gasteiger charge is 2.62. The predicted molar refractivity (Wildman–Crippen MR) is 156 cm³/mol. The van der Waals surface area contributed by atoms with Crippen LogP contribution in [0.15, 0.2) is 90.5 Å². The average molecular weight is 577 g/mol. The van der Waals surface area contributed by atoms with Crippen molar-refractivity contribution in [1.29, 1.82) is 0 Å². The zero-order valence-electron chi connectivity index (χ0n) is 23.8. The van der Waals surface area contributed by atoms with Gasteiger partial charge < -0.3 is 9.84 Å². The fourth-order valence-electron chi connectivity index (χ4n) is 7.87. The number of likely N-dealkylation sites (tertiary alicyclic amines) is 2. The Morgan fingerprint density at radius 3 is 1.91 bits per heavy atom. The summed E-state index contributed by atoms with van der Waals surface area (Å²) < 4.78 is 5.67. The van der Waals surface area contributed by atoms with Crippen molar-refractivity contribution in [2.75, 3.05) is 7.11 Å². The number of hydrogen-bond acceptors (Lipinski definition) is 6. The molecule has 4 aliphatic rings. The number of phenols is 1. The summed E-state index contributed by atoms with van der Waals surface area (Å²) in [5, 5.41) is 10.2. The zero-order chi connectivity index (χ0) is 29.8. The maximum Gasteiger partial charge on any atom is 0.234 e. The van der Waals surface area contributed by atoms with E-state index in [1.807, 2.05) is 66.7 Å². The second-order valence-corrected chi connectivity index (χ2v) is 11.9. The number of aromatic hydroxyl groups is 1. The van der Waals surface area contributed by atoms with Crippen LogP contribution in [-0.2, 0) is 32.3 Å². The lowest BCUT2D eigenvalue weighted by Crippen LogP contribution is -2.43. The molecule has 6 atom stereocenters. The maximum atomic E-state index is 14.1. The molecule has 8 heteroatoms. The van der Waals surface area contributed by atoms with Crippen molar-refractivity contribution in [2.45, 2.75) is 31.8 Å². The predicted octanol–water partition coefficient (Wildman–Crippen LogP) is 4.44. The maximum absolute atomic E-state index is 14.1. The molecule has 1 saturated carbocycles. The molecule has 2 heterocycles. The number of amides is 4. The Morgan fingerprint density at radius 2 is 1.30 bits per heavy atom. The van der Waals surface area contributed by atoms with Gasteiger partial charge in [0.25, 0.3) is 0 Å². The van der Waals surface area contributed by atoms with Crippen molar-refractivity contribution in [3.63, 3.8) is 0 Å². The molecule has 3 aromatic rings. The van der Waals surface area contributed by atoms with Gasteiger partial charge in [0.05, 0.1) is 43.9 Å². The van der Waals surface area contributed by atoms with Crippen LogP contribution in [0.4, 0.5) is 0 Å². The zero-order valence-corrected chi connectivity index (χ0v) is 23.8. The second-order valence-electron chi connectivity index (χ2n) is 11.9. The number of nitrogens with zero attached hydrogens (tertiary/aromatic N) is 2. The molecule has 43 heavy (non-hydrogen) atoms. The molecule has 0 aromatic heterocycles. The number of carbonyl (C=O) groups excluding carboxylic acids is 4. The van der Waals surface area contributed by atoms with E-state index in [0.717, 1.165) is 16.7 Å². The van der Waals surface area contributed by atoms with Crippen LogP contribution < -0.4 is 4.74 Å². The molecule has 0 spiro atoms. The van der Waals surface area contributed by atoms with Crippen LogP contribution >= 0.6 is 0 Å². The van der Waals surface area contributed by atoms with Gasteiger partial charge in [0.1, 0.15) is 11.5 Å². The minimum Gasteiger partial charge on any atom is -0.508 e. The van der Waals surface area contributed by atoms with Gasteiger partial charge >= 0.3 is 0 Å². The number of fused-ring (bicyclic) bond motifs is 4. The van der Waals surface area contributed by atoms with Crippen molar-refractivity contribution >= 4 is 23.6 Å². The smallest absolute Gasteiger partial charge is 0.234 e. The highest BCUT2D eigenvalue weighted by atomic mass is 16.5. The number of rotatable bonds is 6. The number of ether oxygens (including phenoxy) is 1. The first kappa shape index (κ1) is 27.1. The Hall–Kier alpha value is -4.72. The Bertz CT molecular complexity index is 1650. The number of methoxy groups -OCH3 is 1. The first-order chi connectivity index (χ1) is 20.9. The molecule has 0 bridgehead atoms. The molecule has 2 aliphatic carbocycles. The monoisotopic (exact) mass is 576 g/mol. The Labute approximate surface area is 249 Å². The molecule has 8 nitrogen and oxygen atoms in total. The summed E-state index contributed by atoms with van der Waals surface area (Å²) >= 11 is 0. The van der Waals surface area contributed by atoms with Gasteiger partial charge in [-0.2, -0.15) is 0 Å². The standard InChI is InChI=1S/C35H32N2O6/c1-43-28-16-22(38)12-13-24(28)29-23-14-15-25-30(34(41)36(32(25)39)18-20-8-4-2-5-9-20)26(23)17-27-31(29)35(42)37(33(27)40)19-21-10-6-3-7-11-21/h2-14,16,25-27,29-31,38H,15,17-19H2,1H3/t25-,26+,27+,29+,30-,31+/m0/s1. The van der Waals surface area contributed by atoms with Crippen LogP contribution in [0.5, 0.6) is 11.5 Å². The minimum absolute atomic E-state index is 0.0230. The highest BCUT2D eigenvalue weighted by molar-refractivity contribution is 6.08.